The quantitative estimate of drug-likeness (QED) is 0.665. The Labute approximate surface area is 155 Å². The van der Waals surface area contributed by atoms with Crippen molar-refractivity contribution in [3.8, 4) is 0 Å². The maximum atomic E-state index is 14.8. The van der Waals surface area contributed by atoms with Gasteiger partial charge in [0.25, 0.3) is 0 Å². The summed E-state index contributed by atoms with van der Waals surface area (Å²) in [5.41, 5.74) is 0.592. The summed E-state index contributed by atoms with van der Waals surface area (Å²) in [6, 6.07) is 3.28. The van der Waals surface area contributed by atoms with E-state index in [4.69, 9.17) is 9.47 Å². The largest absolute Gasteiger partial charge is 0.383 e. The summed E-state index contributed by atoms with van der Waals surface area (Å²) >= 11 is 0. The van der Waals surface area contributed by atoms with E-state index in [-0.39, 0.29) is 5.69 Å². The summed E-state index contributed by atoms with van der Waals surface area (Å²) < 4.78 is 39.7. The van der Waals surface area contributed by atoms with Crippen molar-refractivity contribution < 1.29 is 18.3 Å². The van der Waals surface area contributed by atoms with Gasteiger partial charge >= 0.3 is 0 Å². The second-order valence-corrected chi connectivity index (χ2v) is 6.85. The molecule has 1 fully saturated rings. The van der Waals surface area contributed by atoms with Crippen molar-refractivity contribution in [3.05, 3.63) is 23.8 Å². The van der Waals surface area contributed by atoms with Crippen LogP contribution in [0.25, 0.3) is 0 Å². The molecule has 5 nitrogen and oxygen atoms in total. The highest BCUT2D eigenvalue weighted by Gasteiger charge is 2.24. The third kappa shape index (κ3) is 5.28. The van der Waals surface area contributed by atoms with Crippen molar-refractivity contribution in [2.75, 3.05) is 76.5 Å². The Balaban J connectivity index is 2.16. The van der Waals surface area contributed by atoms with E-state index >= 15 is 0 Å². The first-order valence-electron chi connectivity index (χ1n) is 9.18. The van der Waals surface area contributed by atoms with Gasteiger partial charge in [0.1, 0.15) is 5.69 Å². The molecular weight excluding hydrogens is 340 g/mol. The van der Waals surface area contributed by atoms with Gasteiger partial charge in [-0.1, -0.05) is 0 Å². The number of nitrogens with zero attached hydrogens (tertiary/aromatic N) is 3. The SMILES string of the molecule is COCCN(CCOC)c1cc(F)c(N2CCN(C(C)C)CC2)c(F)c1. The van der Waals surface area contributed by atoms with Crippen LogP contribution in [-0.2, 0) is 9.47 Å². The summed E-state index contributed by atoms with van der Waals surface area (Å²) in [5, 5.41) is 0. The Morgan fingerprint density at radius 1 is 0.962 bits per heavy atom. The van der Waals surface area contributed by atoms with Gasteiger partial charge in [0, 0.05) is 65.2 Å². The minimum atomic E-state index is -0.516. The molecule has 0 aliphatic carbocycles. The average molecular weight is 371 g/mol. The Bertz CT molecular complexity index is 533. The molecule has 0 bridgehead atoms. The standard InChI is InChI=1S/C19H31F2N3O2/c1-15(2)22-5-7-24(8-6-22)19-17(20)13-16(14-18(19)21)23(9-11-25-3)10-12-26-4/h13-15H,5-12H2,1-4H3. The fourth-order valence-electron chi connectivity index (χ4n) is 3.27. The molecule has 1 aliphatic heterocycles. The zero-order chi connectivity index (χ0) is 19.1. The van der Waals surface area contributed by atoms with Crippen LogP contribution in [0, 0.1) is 11.6 Å². The molecule has 0 saturated carbocycles. The molecule has 0 aromatic heterocycles. The Kier molecular flexibility index (Phi) is 8.06. The highest BCUT2D eigenvalue weighted by Crippen LogP contribution is 2.30. The van der Waals surface area contributed by atoms with E-state index in [1.54, 1.807) is 14.2 Å². The lowest BCUT2D eigenvalue weighted by molar-refractivity contribution is 0.190. The van der Waals surface area contributed by atoms with Gasteiger partial charge in [-0.25, -0.2) is 8.78 Å². The Hall–Kier alpha value is -1.44. The first-order chi connectivity index (χ1) is 12.5. The van der Waals surface area contributed by atoms with Gasteiger partial charge in [0.05, 0.1) is 13.2 Å². The molecular formula is C19H31F2N3O2. The lowest BCUT2D eigenvalue weighted by atomic mass is 10.1. The van der Waals surface area contributed by atoms with E-state index in [0.29, 0.717) is 51.1 Å². The highest BCUT2D eigenvalue weighted by atomic mass is 19.1. The molecule has 1 saturated heterocycles. The van der Waals surface area contributed by atoms with Crippen molar-refractivity contribution in [2.24, 2.45) is 0 Å². The lowest BCUT2D eigenvalue weighted by Gasteiger charge is -2.38. The first-order valence-corrected chi connectivity index (χ1v) is 9.18. The molecule has 26 heavy (non-hydrogen) atoms. The molecule has 0 radical (unpaired) electrons. The zero-order valence-corrected chi connectivity index (χ0v) is 16.3. The topological polar surface area (TPSA) is 28.2 Å². The van der Waals surface area contributed by atoms with Crippen LogP contribution in [0.3, 0.4) is 0 Å². The fraction of sp³-hybridized carbons (Fsp3) is 0.684. The van der Waals surface area contributed by atoms with Crippen LogP contribution in [-0.4, -0.2) is 77.6 Å². The maximum absolute atomic E-state index is 14.8. The first kappa shape index (κ1) is 20.9. The number of methoxy groups -OCH3 is 2. The molecule has 0 amide bonds. The van der Waals surface area contributed by atoms with E-state index in [1.807, 2.05) is 9.80 Å². The predicted molar refractivity (Wildman–Crippen MR) is 101 cm³/mol. The van der Waals surface area contributed by atoms with Crippen LogP contribution in [0.5, 0.6) is 0 Å². The van der Waals surface area contributed by atoms with Crippen LogP contribution in [0.15, 0.2) is 12.1 Å². The number of hydrogen-bond donors (Lipinski definition) is 0. The summed E-state index contributed by atoms with van der Waals surface area (Å²) in [6.45, 7) is 9.21. The number of hydrogen-bond acceptors (Lipinski definition) is 5. The maximum Gasteiger partial charge on any atom is 0.151 e. The third-order valence-electron chi connectivity index (χ3n) is 4.86. The van der Waals surface area contributed by atoms with E-state index in [1.165, 1.54) is 12.1 Å². The van der Waals surface area contributed by atoms with E-state index in [9.17, 15) is 8.78 Å². The summed E-state index contributed by atoms with van der Waals surface area (Å²) in [5.74, 6) is -1.03. The van der Waals surface area contributed by atoms with E-state index in [0.717, 1.165) is 13.1 Å². The highest BCUT2D eigenvalue weighted by molar-refractivity contribution is 5.59. The van der Waals surface area contributed by atoms with Gasteiger partial charge in [-0.05, 0) is 26.0 Å². The minimum absolute atomic E-state index is 0.0792. The van der Waals surface area contributed by atoms with Crippen molar-refractivity contribution >= 4 is 11.4 Å². The minimum Gasteiger partial charge on any atom is -0.383 e. The van der Waals surface area contributed by atoms with Crippen LogP contribution >= 0.6 is 0 Å². The van der Waals surface area contributed by atoms with Crippen LogP contribution < -0.4 is 9.80 Å². The summed E-state index contributed by atoms with van der Waals surface area (Å²) in [6.07, 6.45) is 0. The molecule has 7 heteroatoms. The third-order valence-corrected chi connectivity index (χ3v) is 4.86. The Morgan fingerprint density at radius 2 is 1.46 bits per heavy atom. The summed E-state index contributed by atoms with van der Waals surface area (Å²) in [4.78, 5) is 6.00. The average Bonchev–Trinajstić information content (AvgIpc) is 2.61. The fourth-order valence-corrected chi connectivity index (χ4v) is 3.27. The Morgan fingerprint density at radius 3 is 1.88 bits per heavy atom. The van der Waals surface area contributed by atoms with E-state index in [2.05, 4.69) is 18.7 Å². The normalized spacial score (nSPS) is 15.7. The second-order valence-electron chi connectivity index (χ2n) is 6.85. The molecule has 0 N–H and O–H groups in total. The van der Waals surface area contributed by atoms with Crippen molar-refractivity contribution in [1.29, 1.82) is 0 Å². The van der Waals surface area contributed by atoms with Gasteiger partial charge in [-0.15, -0.1) is 0 Å². The predicted octanol–water partition coefficient (Wildman–Crippen LogP) is 2.59. The monoisotopic (exact) mass is 371 g/mol. The second kappa shape index (κ2) is 10.0. The van der Waals surface area contributed by atoms with Gasteiger partial charge in [-0.3, -0.25) is 4.90 Å². The molecule has 1 heterocycles. The van der Waals surface area contributed by atoms with Crippen molar-refractivity contribution in [3.63, 3.8) is 0 Å². The number of ether oxygens (including phenoxy) is 2. The van der Waals surface area contributed by atoms with Gasteiger partial charge < -0.3 is 19.3 Å². The molecule has 148 valence electrons. The van der Waals surface area contributed by atoms with Crippen LogP contribution in [0.2, 0.25) is 0 Å². The molecule has 0 unspecified atom stereocenters. The number of piperazine rings is 1. The number of anilines is 2. The van der Waals surface area contributed by atoms with E-state index < -0.39 is 11.6 Å². The number of benzene rings is 1. The number of rotatable bonds is 9. The van der Waals surface area contributed by atoms with Gasteiger partial charge in [0.2, 0.25) is 0 Å². The van der Waals surface area contributed by atoms with Crippen LogP contribution in [0.1, 0.15) is 13.8 Å². The lowest BCUT2D eigenvalue weighted by Crippen LogP contribution is -2.49. The zero-order valence-electron chi connectivity index (χ0n) is 16.3. The van der Waals surface area contributed by atoms with Gasteiger partial charge in [-0.2, -0.15) is 0 Å². The number of halogens is 2. The van der Waals surface area contributed by atoms with Crippen LogP contribution in [0.4, 0.5) is 20.2 Å². The molecule has 0 spiro atoms. The molecule has 1 aromatic rings. The summed E-state index contributed by atoms with van der Waals surface area (Å²) in [7, 11) is 3.21. The van der Waals surface area contributed by atoms with Crippen molar-refractivity contribution in [1.82, 2.24) is 4.90 Å². The van der Waals surface area contributed by atoms with Gasteiger partial charge in [0.15, 0.2) is 11.6 Å². The molecule has 1 aromatic carbocycles. The molecule has 2 rings (SSSR count). The molecule has 1 aliphatic rings. The van der Waals surface area contributed by atoms with Crippen molar-refractivity contribution in [2.45, 2.75) is 19.9 Å². The molecule has 0 atom stereocenters. The smallest absolute Gasteiger partial charge is 0.151 e.